The van der Waals surface area contributed by atoms with Crippen molar-refractivity contribution >= 4 is 34.7 Å². The first kappa shape index (κ1) is 19.2. The minimum absolute atomic E-state index is 0.285. The number of carbonyl (C=O) groups excluding carboxylic acids is 2. The summed E-state index contributed by atoms with van der Waals surface area (Å²) >= 11 is 1.67. The van der Waals surface area contributed by atoms with Gasteiger partial charge in [0.05, 0.1) is 11.1 Å². The predicted octanol–water partition coefficient (Wildman–Crippen LogP) is 5.68. The van der Waals surface area contributed by atoms with E-state index in [-0.39, 0.29) is 11.8 Å². The van der Waals surface area contributed by atoms with E-state index in [0.717, 1.165) is 15.3 Å². The molecule has 0 atom stereocenters. The molecule has 0 spiro atoms. The lowest BCUT2D eigenvalue weighted by atomic mass is 10.1. The Labute approximate surface area is 173 Å². The fraction of sp³-hybridized carbons (Fsp3) is 0.174. The molecule has 1 aromatic heterocycles. The minimum Gasteiger partial charge on any atom is -0.436 e. The van der Waals surface area contributed by atoms with E-state index in [1.807, 2.05) is 25.1 Å². The summed E-state index contributed by atoms with van der Waals surface area (Å²) in [4.78, 5) is 32.3. The van der Waals surface area contributed by atoms with Crippen LogP contribution in [0.3, 0.4) is 0 Å². The number of oxazole rings is 1. The van der Waals surface area contributed by atoms with Gasteiger partial charge in [-0.1, -0.05) is 23.4 Å². The molecule has 2 aromatic carbocycles. The molecule has 4 rings (SSSR count). The van der Waals surface area contributed by atoms with Crippen molar-refractivity contribution < 1.29 is 14.0 Å². The molecule has 1 aliphatic rings. The van der Waals surface area contributed by atoms with Crippen LogP contribution in [0.25, 0.3) is 22.6 Å². The van der Waals surface area contributed by atoms with Gasteiger partial charge in [-0.3, -0.25) is 14.5 Å². The van der Waals surface area contributed by atoms with E-state index in [1.165, 1.54) is 17.5 Å². The number of hydrogen-bond donors (Lipinski definition) is 0. The Morgan fingerprint density at radius 1 is 1.07 bits per heavy atom. The highest BCUT2D eigenvalue weighted by Gasteiger charge is 2.33. The van der Waals surface area contributed by atoms with E-state index in [9.17, 15) is 9.59 Å². The van der Waals surface area contributed by atoms with Crippen LogP contribution < -0.4 is 0 Å². The predicted molar refractivity (Wildman–Crippen MR) is 115 cm³/mol. The van der Waals surface area contributed by atoms with Crippen LogP contribution in [0.15, 0.2) is 68.3 Å². The third kappa shape index (κ3) is 3.51. The first-order valence-corrected chi connectivity index (χ1v) is 10.1. The highest BCUT2D eigenvalue weighted by atomic mass is 32.2. The number of allylic oxidation sites excluding steroid dienone is 3. The Bertz CT molecular complexity index is 1220. The molecule has 2 heterocycles. The van der Waals surface area contributed by atoms with E-state index in [4.69, 9.17) is 4.42 Å². The Balaban J connectivity index is 1.68. The summed E-state index contributed by atoms with van der Waals surface area (Å²) in [5.74, 6) is -0.165. The fourth-order valence-electron chi connectivity index (χ4n) is 3.18. The molecule has 0 fully saturated rings. The summed E-state index contributed by atoms with van der Waals surface area (Å²) in [6.07, 6.45) is 4.22. The minimum atomic E-state index is -0.306. The second-order valence-corrected chi connectivity index (χ2v) is 8.24. The molecular weight excluding hydrogens is 384 g/mol. The molecule has 0 N–H and O–H groups in total. The topological polar surface area (TPSA) is 63.4 Å². The van der Waals surface area contributed by atoms with Crippen molar-refractivity contribution in [2.75, 3.05) is 7.05 Å². The zero-order valence-corrected chi connectivity index (χ0v) is 17.5. The van der Waals surface area contributed by atoms with Crippen molar-refractivity contribution in [3.8, 4) is 11.5 Å². The lowest BCUT2D eigenvalue weighted by molar-refractivity contribution is 0.0693. The van der Waals surface area contributed by atoms with Crippen molar-refractivity contribution in [2.45, 2.75) is 25.7 Å². The summed E-state index contributed by atoms with van der Waals surface area (Å²) in [7, 11) is 1.48. The molecule has 3 aromatic rings. The lowest BCUT2D eigenvalue weighted by Crippen LogP contribution is -2.24. The standard InChI is InChI=1S/C23H20N2O3S/c1-5-15(10-13(2)3)29-16-7-9-20-19(12-16)24-21(28-20)14-6-8-17-18(11-14)23(27)25(4)22(17)26/h5-12H,1-4H3/b15-5+. The summed E-state index contributed by atoms with van der Waals surface area (Å²) in [5, 5.41) is 0. The van der Waals surface area contributed by atoms with Crippen molar-refractivity contribution in [3.63, 3.8) is 0 Å². The van der Waals surface area contributed by atoms with Crippen molar-refractivity contribution in [1.29, 1.82) is 0 Å². The van der Waals surface area contributed by atoms with Crippen LogP contribution >= 0.6 is 11.8 Å². The van der Waals surface area contributed by atoms with Crippen LogP contribution in [0.2, 0.25) is 0 Å². The summed E-state index contributed by atoms with van der Waals surface area (Å²) in [6, 6.07) is 11.0. The molecule has 0 aliphatic carbocycles. The average Bonchev–Trinajstić information content (AvgIpc) is 3.22. The van der Waals surface area contributed by atoms with Gasteiger partial charge in [0.1, 0.15) is 5.52 Å². The SMILES string of the molecule is C/C=C(\C=C(C)C)Sc1ccc2oc(-c3ccc4c(c3)C(=O)N(C)C4=O)nc2c1. The van der Waals surface area contributed by atoms with Gasteiger partial charge in [-0.05, 0) is 63.2 Å². The number of aromatic nitrogens is 1. The maximum absolute atomic E-state index is 12.3. The molecule has 5 nitrogen and oxygen atoms in total. The van der Waals surface area contributed by atoms with Crippen molar-refractivity contribution in [3.05, 3.63) is 70.2 Å². The Hall–Kier alpha value is -3.12. The van der Waals surface area contributed by atoms with E-state index in [2.05, 4.69) is 31.0 Å². The van der Waals surface area contributed by atoms with Gasteiger partial charge in [0.15, 0.2) is 5.58 Å². The van der Waals surface area contributed by atoms with Gasteiger partial charge in [0, 0.05) is 22.4 Å². The van der Waals surface area contributed by atoms with Gasteiger partial charge in [-0.15, -0.1) is 0 Å². The zero-order valence-electron chi connectivity index (χ0n) is 16.6. The third-order valence-corrected chi connectivity index (χ3v) is 5.73. The smallest absolute Gasteiger partial charge is 0.261 e. The van der Waals surface area contributed by atoms with Crippen molar-refractivity contribution in [2.24, 2.45) is 0 Å². The van der Waals surface area contributed by atoms with Gasteiger partial charge in [-0.25, -0.2) is 4.98 Å². The molecule has 0 saturated heterocycles. The Kier molecular flexibility index (Phi) is 4.88. The van der Waals surface area contributed by atoms with Gasteiger partial charge < -0.3 is 4.42 Å². The summed E-state index contributed by atoms with van der Waals surface area (Å²) in [6.45, 7) is 6.17. The number of hydrogen-bond acceptors (Lipinski definition) is 5. The van der Waals surface area contributed by atoms with Gasteiger partial charge in [0.2, 0.25) is 5.89 Å². The Morgan fingerprint density at radius 3 is 2.55 bits per heavy atom. The largest absolute Gasteiger partial charge is 0.436 e. The van der Waals surface area contributed by atoms with E-state index >= 15 is 0 Å². The maximum atomic E-state index is 12.3. The number of carbonyl (C=O) groups is 2. The second-order valence-electron chi connectivity index (χ2n) is 7.09. The fourth-order valence-corrected chi connectivity index (χ4v) is 4.17. The molecule has 6 heteroatoms. The summed E-state index contributed by atoms with van der Waals surface area (Å²) in [5.41, 5.74) is 4.13. The number of amides is 2. The van der Waals surface area contributed by atoms with E-state index in [0.29, 0.717) is 28.2 Å². The number of benzene rings is 2. The highest BCUT2D eigenvalue weighted by molar-refractivity contribution is 8.03. The Morgan fingerprint density at radius 2 is 1.83 bits per heavy atom. The zero-order chi connectivity index (χ0) is 20.7. The highest BCUT2D eigenvalue weighted by Crippen LogP contribution is 2.33. The van der Waals surface area contributed by atoms with Crippen molar-refractivity contribution in [1.82, 2.24) is 9.88 Å². The quantitative estimate of drug-likeness (QED) is 0.318. The second kappa shape index (κ2) is 7.37. The average molecular weight is 404 g/mol. The van der Waals surface area contributed by atoms with Crippen LogP contribution in [0.5, 0.6) is 0 Å². The van der Waals surface area contributed by atoms with Crippen LogP contribution in [-0.4, -0.2) is 28.7 Å². The summed E-state index contributed by atoms with van der Waals surface area (Å²) < 4.78 is 5.90. The number of thioether (sulfide) groups is 1. The molecule has 0 unspecified atom stereocenters. The van der Waals surface area contributed by atoms with E-state index in [1.54, 1.807) is 30.0 Å². The molecule has 29 heavy (non-hydrogen) atoms. The molecule has 0 bridgehead atoms. The van der Waals surface area contributed by atoms with Gasteiger partial charge in [0.25, 0.3) is 11.8 Å². The van der Waals surface area contributed by atoms with Crippen LogP contribution in [0, 0.1) is 0 Å². The third-order valence-electron chi connectivity index (χ3n) is 4.65. The lowest BCUT2D eigenvalue weighted by Gasteiger charge is -2.02. The monoisotopic (exact) mass is 404 g/mol. The van der Waals surface area contributed by atoms with Crippen LogP contribution in [-0.2, 0) is 0 Å². The molecular formula is C23H20N2O3S. The number of fused-ring (bicyclic) bond motifs is 2. The first-order valence-electron chi connectivity index (χ1n) is 9.24. The van der Waals surface area contributed by atoms with Crippen LogP contribution in [0.1, 0.15) is 41.5 Å². The van der Waals surface area contributed by atoms with Crippen LogP contribution in [0.4, 0.5) is 0 Å². The maximum Gasteiger partial charge on any atom is 0.261 e. The molecule has 1 aliphatic heterocycles. The molecule has 146 valence electrons. The number of nitrogens with zero attached hydrogens (tertiary/aromatic N) is 2. The number of imide groups is 1. The molecule has 0 saturated carbocycles. The molecule has 2 amide bonds. The molecule has 0 radical (unpaired) electrons. The van der Waals surface area contributed by atoms with Gasteiger partial charge in [-0.2, -0.15) is 0 Å². The van der Waals surface area contributed by atoms with Gasteiger partial charge >= 0.3 is 0 Å². The number of rotatable bonds is 4. The van der Waals surface area contributed by atoms with E-state index < -0.39 is 0 Å². The first-order chi connectivity index (χ1) is 13.9. The normalized spacial score (nSPS) is 13.9.